The number of para-hydroxylation sites is 2. The number of ether oxygens (including phenoxy) is 1. The quantitative estimate of drug-likeness (QED) is 0.681. The van der Waals surface area contributed by atoms with Crippen LogP contribution in [0.5, 0.6) is 5.75 Å². The predicted octanol–water partition coefficient (Wildman–Crippen LogP) is 3.91. The molecule has 2 aliphatic heterocycles. The first-order valence-electron chi connectivity index (χ1n) is 12.3. The number of fused-ring (bicyclic) bond motifs is 1. The van der Waals surface area contributed by atoms with E-state index in [9.17, 15) is 9.90 Å². The Bertz CT molecular complexity index is 1070. The molecule has 34 heavy (non-hydrogen) atoms. The molecule has 2 amide bonds. The van der Waals surface area contributed by atoms with Crippen molar-refractivity contribution in [3.8, 4) is 17.6 Å². The standard InChI is InChI=1S/C28H33N3O3/c1-34-26-7-3-2-6-23(26)29-28(33)30-16-4-5-17-31-24(18-30)27(25(31)19-32)22-14-12-21(13-15-22)11-10-20-8-9-20/h2-3,6-7,12-15,20,24-25,27,32H,4-5,8-9,16-19H2,1H3,(H,29,33)/t24-,25-,27-/m0/s1. The van der Waals surface area contributed by atoms with Crippen LogP contribution in [-0.2, 0) is 0 Å². The number of aliphatic hydroxyl groups is 1. The summed E-state index contributed by atoms with van der Waals surface area (Å²) in [6.07, 6.45) is 4.40. The van der Waals surface area contributed by atoms with E-state index in [0.717, 1.165) is 31.5 Å². The van der Waals surface area contributed by atoms with Gasteiger partial charge in [-0.15, -0.1) is 0 Å². The molecule has 0 bridgehead atoms. The molecule has 0 aromatic heterocycles. The third-order valence-corrected chi connectivity index (χ3v) is 7.30. The van der Waals surface area contributed by atoms with Crippen LogP contribution >= 0.6 is 0 Å². The van der Waals surface area contributed by atoms with Crippen LogP contribution in [0.25, 0.3) is 0 Å². The highest BCUT2D eigenvalue weighted by atomic mass is 16.5. The second kappa shape index (κ2) is 10.1. The van der Waals surface area contributed by atoms with Gasteiger partial charge in [0.05, 0.1) is 19.4 Å². The molecule has 0 unspecified atom stereocenters. The van der Waals surface area contributed by atoms with Crippen molar-refractivity contribution in [2.45, 2.75) is 43.7 Å². The normalized spacial score (nSPS) is 24.5. The second-order valence-corrected chi connectivity index (χ2v) is 9.53. The Kier molecular flexibility index (Phi) is 6.75. The minimum absolute atomic E-state index is 0.0885. The summed E-state index contributed by atoms with van der Waals surface area (Å²) in [6, 6.07) is 16.1. The van der Waals surface area contributed by atoms with E-state index in [1.165, 1.54) is 18.4 Å². The minimum atomic E-state index is -0.108. The highest BCUT2D eigenvalue weighted by molar-refractivity contribution is 5.91. The average molecular weight is 460 g/mol. The van der Waals surface area contributed by atoms with E-state index in [1.54, 1.807) is 7.11 Å². The number of urea groups is 1. The molecule has 2 heterocycles. The Morgan fingerprint density at radius 3 is 2.62 bits per heavy atom. The van der Waals surface area contributed by atoms with Crippen molar-refractivity contribution in [1.29, 1.82) is 0 Å². The van der Waals surface area contributed by atoms with Gasteiger partial charge in [-0.25, -0.2) is 4.79 Å². The molecule has 1 aliphatic carbocycles. The Morgan fingerprint density at radius 1 is 1.12 bits per heavy atom. The lowest BCUT2D eigenvalue weighted by Crippen LogP contribution is -2.68. The van der Waals surface area contributed by atoms with E-state index in [2.05, 4.69) is 46.3 Å². The van der Waals surface area contributed by atoms with Gasteiger partial charge in [-0.3, -0.25) is 4.90 Å². The van der Waals surface area contributed by atoms with Crippen molar-refractivity contribution in [2.24, 2.45) is 5.92 Å². The molecule has 5 rings (SSSR count). The molecule has 178 valence electrons. The van der Waals surface area contributed by atoms with Crippen molar-refractivity contribution >= 4 is 11.7 Å². The molecule has 6 nitrogen and oxygen atoms in total. The maximum absolute atomic E-state index is 13.2. The number of carbonyl (C=O) groups excluding carboxylic acids is 1. The second-order valence-electron chi connectivity index (χ2n) is 9.53. The number of aliphatic hydroxyl groups excluding tert-OH is 1. The molecule has 2 saturated heterocycles. The van der Waals surface area contributed by atoms with E-state index in [1.807, 2.05) is 29.2 Å². The first-order chi connectivity index (χ1) is 16.7. The first-order valence-corrected chi connectivity index (χ1v) is 12.3. The van der Waals surface area contributed by atoms with Crippen molar-refractivity contribution in [3.63, 3.8) is 0 Å². The monoisotopic (exact) mass is 459 g/mol. The highest BCUT2D eigenvalue weighted by Crippen LogP contribution is 2.42. The fraction of sp³-hybridized carbons (Fsp3) is 0.464. The highest BCUT2D eigenvalue weighted by Gasteiger charge is 2.49. The van der Waals surface area contributed by atoms with Crippen molar-refractivity contribution < 1.29 is 14.6 Å². The molecule has 3 atom stereocenters. The number of nitrogens with zero attached hydrogens (tertiary/aromatic N) is 2. The van der Waals surface area contributed by atoms with Gasteiger partial charge < -0.3 is 20.1 Å². The summed E-state index contributed by atoms with van der Waals surface area (Å²) in [5.74, 6) is 8.02. The number of amides is 2. The van der Waals surface area contributed by atoms with Crippen molar-refractivity contribution in [2.75, 3.05) is 38.7 Å². The van der Waals surface area contributed by atoms with Gasteiger partial charge in [0, 0.05) is 42.6 Å². The maximum Gasteiger partial charge on any atom is 0.322 e. The number of hydrogen-bond acceptors (Lipinski definition) is 4. The SMILES string of the molecule is COc1ccccc1NC(=O)N1CCCCN2[C@@H](CO)[C@@H](c3ccc(C#CC4CC4)cc3)[C@@H]2C1. The largest absolute Gasteiger partial charge is 0.495 e. The van der Waals surface area contributed by atoms with E-state index in [0.29, 0.717) is 23.9 Å². The van der Waals surface area contributed by atoms with Crippen LogP contribution in [0.3, 0.4) is 0 Å². The van der Waals surface area contributed by atoms with Gasteiger partial charge in [0.2, 0.25) is 0 Å². The summed E-state index contributed by atoms with van der Waals surface area (Å²) in [5.41, 5.74) is 2.93. The molecule has 2 aromatic carbocycles. The number of methoxy groups -OCH3 is 1. The molecular weight excluding hydrogens is 426 g/mol. The third kappa shape index (κ3) is 4.77. The number of carbonyl (C=O) groups is 1. The summed E-state index contributed by atoms with van der Waals surface area (Å²) in [6.45, 7) is 2.43. The summed E-state index contributed by atoms with van der Waals surface area (Å²) >= 11 is 0. The molecule has 2 aromatic rings. The number of anilines is 1. The van der Waals surface area contributed by atoms with E-state index in [-0.39, 0.29) is 30.6 Å². The number of rotatable bonds is 4. The lowest BCUT2D eigenvalue weighted by Gasteiger charge is -2.57. The van der Waals surface area contributed by atoms with Gasteiger partial charge >= 0.3 is 6.03 Å². The Hall–Kier alpha value is -3.01. The van der Waals surface area contributed by atoms with E-state index >= 15 is 0 Å². The van der Waals surface area contributed by atoms with Gasteiger partial charge in [0.15, 0.2) is 0 Å². The molecule has 1 saturated carbocycles. The van der Waals surface area contributed by atoms with Crippen molar-refractivity contribution in [1.82, 2.24) is 9.80 Å². The van der Waals surface area contributed by atoms with Gasteiger partial charge in [-0.1, -0.05) is 36.1 Å². The summed E-state index contributed by atoms with van der Waals surface area (Å²) in [7, 11) is 1.61. The average Bonchev–Trinajstić information content (AvgIpc) is 3.67. The smallest absolute Gasteiger partial charge is 0.322 e. The zero-order valence-corrected chi connectivity index (χ0v) is 19.7. The molecule has 3 fully saturated rings. The zero-order chi connectivity index (χ0) is 23.5. The fourth-order valence-corrected chi connectivity index (χ4v) is 5.27. The number of benzene rings is 2. The summed E-state index contributed by atoms with van der Waals surface area (Å²) in [5, 5.41) is 13.2. The molecule has 3 aliphatic rings. The fourth-order valence-electron chi connectivity index (χ4n) is 5.27. The minimum Gasteiger partial charge on any atom is -0.495 e. The van der Waals surface area contributed by atoms with Crippen LogP contribution < -0.4 is 10.1 Å². The summed E-state index contributed by atoms with van der Waals surface area (Å²) < 4.78 is 5.40. The summed E-state index contributed by atoms with van der Waals surface area (Å²) in [4.78, 5) is 17.5. The maximum atomic E-state index is 13.2. The van der Waals surface area contributed by atoms with Gasteiger partial charge in [-0.05, 0) is 62.1 Å². The molecule has 0 radical (unpaired) electrons. The van der Waals surface area contributed by atoms with Crippen LogP contribution in [0.4, 0.5) is 10.5 Å². The van der Waals surface area contributed by atoms with Crippen molar-refractivity contribution in [3.05, 3.63) is 59.7 Å². The molecule has 2 N–H and O–H groups in total. The molecular formula is C28H33N3O3. The van der Waals surface area contributed by atoms with E-state index in [4.69, 9.17) is 4.74 Å². The van der Waals surface area contributed by atoms with Gasteiger partial charge in [0.25, 0.3) is 0 Å². The third-order valence-electron chi connectivity index (χ3n) is 7.30. The Balaban J connectivity index is 1.32. The molecule has 6 heteroatoms. The van der Waals surface area contributed by atoms with Crippen LogP contribution in [0.1, 0.15) is 42.7 Å². The van der Waals surface area contributed by atoms with E-state index < -0.39 is 0 Å². The zero-order valence-electron chi connectivity index (χ0n) is 19.7. The molecule has 0 spiro atoms. The number of nitrogens with one attached hydrogen (secondary N) is 1. The number of hydrogen-bond donors (Lipinski definition) is 2. The Morgan fingerprint density at radius 2 is 1.88 bits per heavy atom. The lowest BCUT2D eigenvalue weighted by molar-refractivity contribution is -0.0585. The van der Waals surface area contributed by atoms with Crippen LogP contribution in [0, 0.1) is 17.8 Å². The van der Waals surface area contributed by atoms with Crippen LogP contribution in [-0.4, -0.2) is 66.4 Å². The Labute approximate surface area is 201 Å². The topological polar surface area (TPSA) is 65.0 Å². The first kappa shape index (κ1) is 22.8. The van der Waals surface area contributed by atoms with Gasteiger partial charge in [-0.2, -0.15) is 0 Å². The lowest BCUT2D eigenvalue weighted by atomic mass is 9.74. The van der Waals surface area contributed by atoms with Crippen LogP contribution in [0.2, 0.25) is 0 Å². The van der Waals surface area contributed by atoms with Gasteiger partial charge in [0.1, 0.15) is 5.75 Å². The van der Waals surface area contributed by atoms with Crippen LogP contribution in [0.15, 0.2) is 48.5 Å². The predicted molar refractivity (Wildman–Crippen MR) is 133 cm³/mol.